The SMILES string of the molecule is CNC(CCCNC(N)=O)C(=O)Nc1ccc(COC(=O)N2CC3(CN(C(=O)C[C@@H]4CC5(CO5)[C@H](O)C(/C=C/C(C)=C/CC5OC(C)C(NC(=O)/C=C\C(C)OC(C)=O)CC5C)O4)C3)C2)cc1. The number of primary amides is 1. The highest BCUT2D eigenvalue weighted by Gasteiger charge is 2.59. The Hall–Kier alpha value is -5.34. The number of allylic oxidation sites excluding steroid dienone is 2. The Morgan fingerprint density at radius 3 is 2.37 bits per heavy atom. The van der Waals surface area contributed by atoms with E-state index < -0.39 is 54.2 Å². The minimum atomic E-state index is -0.870. The van der Waals surface area contributed by atoms with Crippen molar-refractivity contribution in [1.82, 2.24) is 25.8 Å². The number of aliphatic hydroxyl groups is 1. The predicted molar refractivity (Wildman–Crippen MR) is 246 cm³/mol. The minimum absolute atomic E-state index is 0.0378. The van der Waals surface area contributed by atoms with E-state index in [1.807, 2.05) is 26.0 Å². The van der Waals surface area contributed by atoms with Crippen molar-refractivity contribution in [2.45, 2.75) is 134 Å². The van der Waals surface area contributed by atoms with Crippen LogP contribution in [0.15, 0.2) is 60.2 Å². The first-order valence-electron chi connectivity index (χ1n) is 23.3. The Labute approximate surface area is 392 Å². The second-order valence-corrected chi connectivity index (χ2v) is 19.0. The van der Waals surface area contributed by atoms with Crippen LogP contribution in [0.3, 0.4) is 0 Å². The third-order valence-electron chi connectivity index (χ3n) is 13.3. The van der Waals surface area contributed by atoms with Crippen molar-refractivity contribution < 1.29 is 57.6 Å². The fraction of sp³-hybridized carbons (Fsp3) is 0.625. The van der Waals surface area contributed by atoms with Crippen LogP contribution < -0.4 is 27.0 Å². The number of carbonyl (C=O) groups excluding carboxylic acids is 6. The predicted octanol–water partition coefficient (Wildman–Crippen LogP) is 2.82. The minimum Gasteiger partial charge on any atom is -0.459 e. The third-order valence-corrected chi connectivity index (χ3v) is 13.3. The van der Waals surface area contributed by atoms with Gasteiger partial charge in [-0.2, -0.15) is 0 Å². The lowest BCUT2D eigenvalue weighted by Gasteiger charge is -2.59. The average molecular weight is 936 g/mol. The molecule has 5 heterocycles. The zero-order valence-electron chi connectivity index (χ0n) is 39.5. The summed E-state index contributed by atoms with van der Waals surface area (Å²) in [6, 6.07) is 5.83. The molecule has 0 aliphatic carbocycles. The molecule has 19 nitrogen and oxygen atoms in total. The number of anilines is 1. The van der Waals surface area contributed by atoms with Gasteiger partial charge in [-0.25, -0.2) is 9.59 Å². The van der Waals surface area contributed by atoms with Gasteiger partial charge in [0.2, 0.25) is 17.7 Å². The van der Waals surface area contributed by atoms with Crippen LogP contribution in [-0.2, 0) is 49.5 Å². The summed E-state index contributed by atoms with van der Waals surface area (Å²) in [4.78, 5) is 77.0. The molecule has 5 aliphatic heterocycles. The number of esters is 1. The Kier molecular flexibility index (Phi) is 17.3. The smallest absolute Gasteiger partial charge is 0.410 e. The summed E-state index contributed by atoms with van der Waals surface area (Å²) in [5.41, 5.74) is 6.53. The molecule has 0 aromatic heterocycles. The van der Waals surface area contributed by atoms with Crippen LogP contribution in [-0.4, -0.2) is 151 Å². The summed E-state index contributed by atoms with van der Waals surface area (Å²) in [6.45, 7) is 12.0. The summed E-state index contributed by atoms with van der Waals surface area (Å²) < 4.78 is 29.0. The molecule has 5 aliphatic rings. The first kappa shape index (κ1) is 51.1. The van der Waals surface area contributed by atoms with Gasteiger partial charge in [0, 0.05) is 63.2 Å². The number of nitrogens with two attached hydrogens (primary N) is 1. The zero-order chi connectivity index (χ0) is 48.5. The zero-order valence-corrected chi connectivity index (χ0v) is 39.5. The van der Waals surface area contributed by atoms with E-state index in [1.54, 1.807) is 54.1 Å². The van der Waals surface area contributed by atoms with Gasteiger partial charge in [-0.3, -0.25) is 19.2 Å². The van der Waals surface area contributed by atoms with Crippen LogP contribution in [0.5, 0.6) is 0 Å². The van der Waals surface area contributed by atoms with Crippen molar-refractivity contribution in [1.29, 1.82) is 0 Å². The van der Waals surface area contributed by atoms with E-state index in [2.05, 4.69) is 34.3 Å². The second kappa shape index (κ2) is 22.6. The normalized spacial score (nSPS) is 28.6. The Bertz CT molecular complexity index is 2030. The van der Waals surface area contributed by atoms with Gasteiger partial charge in [-0.1, -0.05) is 42.9 Å². The molecule has 2 spiro atoms. The molecule has 0 bridgehead atoms. The highest BCUT2D eigenvalue weighted by atomic mass is 16.6. The van der Waals surface area contributed by atoms with Crippen molar-refractivity contribution >= 4 is 41.5 Å². The maximum atomic E-state index is 13.4. The van der Waals surface area contributed by atoms with Crippen LogP contribution in [0.2, 0.25) is 0 Å². The molecule has 1 aromatic carbocycles. The summed E-state index contributed by atoms with van der Waals surface area (Å²) in [5.74, 6) is -0.752. The van der Waals surface area contributed by atoms with Gasteiger partial charge in [0.1, 0.15) is 30.5 Å². The molecule has 67 heavy (non-hydrogen) atoms. The number of likely N-dealkylation sites (N-methyl/N-ethyl adjacent to an activating group) is 1. The lowest BCUT2D eigenvalue weighted by atomic mass is 9.73. The van der Waals surface area contributed by atoms with Gasteiger partial charge in [0.05, 0.1) is 43.4 Å². The summed E-state index contributed by atoms with van der Waals surface area (Å²) in [6.07, 6.45) is 8.71. The number of aliphatic hydroxyl groups excluding tert-OH is 1. The molecule has 368 valence electrons. The second-order valence-electron chi connectivity index (χ2n) is 19.0. The van der Waals surface area contributed by atoms with Crippen LogP contribution >= 0.6 is 0 Å². The molecular weight excluding hydrogens is 867 g/mol. The number of carbonyl (C=O) groups is 6. The third kappa shape index (κ3) is 14.1. The van der Waals surface area contributed by atoms with E-state index >= 15 is 0 Å². The molecule has 10 atom stereocenters. The molecule has 0 saturated carbocycles. The molecule has 7 N–H and O–H groups in total. The van der Waals surface area contributed by atoms with Gasteiger partial charge < -0.3 is 65.6 Å². The molecule has 1 aromatic rings. The van der Waals surface area contributed by atoms with Gasteiger partial charge in [-0.05, 0) is 83.2 Å². The van der Waals surface area contributed by atoms with Crippen molar-refractivity contribution in [3.05, 3.63) is 65.8 Å². The molecule has 19 heteroatoms. The van der Waals surface area contributed by atoms with E-state index in [-0.39, 0.29) is 60.3 Å². The van der Waals surface area contributed by atoms with E-state index in [0.717, 1.165) is 17.6 Å². The molecule has 6 rings (SSSR count). The number of hydrogen-bond donors (Lipinski definition) is 6. The number of nitrogens with one attached hydrogen (secondary N) is 4. The van der Waals surface area contributed by atoms with E-state index in [1.165, 1.54) is 13.0 Å². The van der Waals surface area contributed by atoms with E-state index in [4.69, 9.17) is 29.4 Å². The largest absolute Gasteiger partial charge is 0.459 e. The molecule has 8 unspecified atom stereocenters. The van der Waals surface area contributed by atoms with E-state index in [9.17, 15) is 33.9 Å². The average Bonchev–Trinajstić information content (AvgIpc) is 4.02. The van der Waals surface area contributed by atoms with Crippen molar-refractivity contribution in [3.8, 4) is 0 Å². The molecule has 0 radical (unpaired) electrons. The fourth-order valence-corrected chi connectivity index (χ4v) is 9.32. The van der Waals surface area contributed by atoms with Gasteiger partial charge in [-0.15, -0.1) is 0 Å². The number of ether oxygens (including phenoxy) is 5. The Morgan fingerprint density at radius 2 is 1.72 bits per heavy atom. The number of hydrogen-bond acceptors (Lipinski definition) is 13. The standard InChI is InChI=1S/C48H69N7O12/c1-29(9-16-39-30(2)20-38(32(4)66-39)53-41(57)18-11-31(3)65-33(5)56)10-17-40-43(59)48(28-64-48)22-36(67-40)21-42(58)54-24-47(25-54)26-55(27-47)46(62)63-23-34-12-14-35(15-13-34)52-44(60)37(50-6)8-7-19-51-45(49)61/h9-15,17-18,30-32,36-40,43,50,59H,7-8,16,19-28H2,1-6H3,(H,52,60)(H,53,57)(H3,49,51,61)/b17-10+,18-11-,29-9+/t30?,31?,32?,36-,37?,38?,39?,40?,43-,48?/m1/s1. The Balaban J connectivity index is 0.884. The first-order valence-corrected chi connectivity index (χ1v) is 23.3. The summed E-state index contributed by atoms with van der Waals surface area (Å²) in [5, 5.41) is 22.6. The highest BCUT2D eigenvalue weighted by Crippen LogP contribution is 2.45. The van der Waals surface area contributed by atoms with Gasteiger partial charge in [0.15, 0.2) is 0 Å². The number of urea groups is 1. The number of amides is 6. The maximum absolute atomic E-state index is 13.4. The van der Waals surface area contributed by atoms with Gasteiger partial charge in [0.25, 0.3) is 0 Å². The lowest BCUT2D eigenvalue weighted by Crippen LogP contribution is -2.73. The van der Waals surface area contributed by atoms with Gasteiger partial charge >= 0.3 is 18.1 Å². The van der Waals surface area contributed by atoms with E-state index in [0.29, 0.717) is 70.7 Å². The first-order chi connectivity index (χ1) is 31.9. The highest BCUT2D eigenvalue weighted by molar-refractivity contribution is 5.94. The van der Waals surface area contributed by atoms with Crippen molar-refractivity contribution in [3.63, 3.8) is 0 Å². The van der Waals surface area contributed by atoms with Crippen molar-refractivity contribution in [2.24, 2.45) is 17.1 Å². The summed E-state index contributed by atoms with van der Waals surface area (Å²) >= 11 is 0. The monoisotopic (exact) mass is 936 g/mol. The molecule has 6 amide bonds. The van der Waals surface area contributed by atoms with Crippen LogP contribution in [0.25, 0.3) is 0 Å². The van der Waals surface area contributed by atoms with Crippen molar-refractivity contribution in [2.75, 3.05) is 51.7 Å². The molecule has 5 fully saturated rings. The number of rotatable bonds is 19. The van der Waals surface area contributed by atoms with Crippen LogP contribution in [0.1, 0.15) is 78.7 Å². The number of likely N-dealkylation sites (tertiary alicyclic amines) is 2. The lowest BCUT2D eigenvalue weighted by molar-refractivity contribution is -0.167. The fourth-order valence-electron chi connectivity index (χ4n) is 9.32. The summed E-state index contributed by atoms with van der Waals surface area (Å²) in [7, 11) is 1.69. The number of benzene rings is 1. The molecule has 5 saturated heterocycles. The van der Waals surface area contributed by atoms with Crippen LogP contribution in [0, 0.1) is 11.3 Å². The number of nitrogens with zero attached hydrogens (tertiary/aromatic N) is 2. The topological polar surface area (TPSA) is 253 Å². The molecular formula is C48H69N7O12. The number of epoxide rings is 1. The Morgan fingerprint density at radius 1 is 1.01 bits per heavy atom. The maximum Gasteiger partial charge on any atom is 0.410 e. The quantitative estimate of drug-likeness (QED) is 0.0385. The van der Waals surface area contributed by atoms with Crippen LogP contribution in [0.4, 0.5) is 15.3 Å².